The van der Waals surface area contributed by atoms with E-state index in [0.717, 1.165) is 16.7 Å². The van der Waals surface area contributed by atoms with Crippen molar-refractivity contribution in [2.24, 2.45) is 0 Å². The van der Waals surface area contributed by atoms with E-state index in [4.69, 9.17) is 23.2 Å². The van der Waals surface area contributed by atoms with Crippen LogP contribution < -0.4 is 0 Å². The summed E-state index contributed by atoms with van der Waals surface area (Å²) in [7, 11) is 0. The Balaban J connectivity index is 1.87. The van der Waals surface area contributed by atoms with Gasteiger partial charge in [-0.2, -0.15) is 0 Å². The molecule has 2 aromatic rings. The first-order valence-electron chi connectivity index (χ1n) is 6.99. The topological polar surface area (TPSA) is 37.4 Å². The minimum absolute atomic E-state index is 0.0268. The monoisotopic (exact) mass is 459 g/mol. The normalized spacial score (nSPS) is 16.2. The molecule has 1 aliphatic rings. The van der Waals surface area contributed by atoms with Crippen LogP contribution in [-0.4, -0.2) is 16.0 Å². The van der Waals surface area contributed by atoms with Crippen LogP contribution in [0.3, 0.4) is 0 Å². The number of hydrogen-bond acceptors (Lipinski definition) is 3. The van der Waals surface area contributed by atoms with Crippen LogP contribution in [0.4, 0.5) is 9.18 Å². The van der Waals surface area contributed by atoms with E-state index >= 15 is 0 Å². The Morgan fingerprint density at radius 1 is 1.16 bits per heavy atom. The molecule has 2 aromatic carbocycles. The second kappa shape index (κ2) is 7.50. The van der Waals surface area contributed by atoms with Crippen molar-refractivity contribution in [1.82, 2.24) is 4.90 Å². The summed E-state index contributed by atoms with van der Waals surface area (Å²) in [5.41, 5.74) is 0.827. The lowest BCUT2D eigenvalue weighted by molar-refractivity contribution is -0.123. The van der Waals surface area contributed by atoms with Crippen molar-refractivity contribution in [2.45, 2.75) is 6.54 Å². The SMILES string of the molecule is O=C1S/C(=C\c2cc(Br)ccc2F)C(=O)N1Cc1ccc(Cl)cc1Cl. The summed E-state index contributed by atoms with van der Waals surface area (Å²) in [6, 6.07) is 9.22. The van der Waals surface area contributed by atoms with Crippen molar-refractivity contribution >= 4 is 68.1 Å². The molecule has 0 saturated carbocycles. The number of amides is 2. The molecule has 128 valence electrons. The van der Waals surface area contributed by atoms with E-state index in [2.05, 4.69) is 15.9 Å². The molecule has 1 aliphatic heterocycles. The van der Waals surface area contributed by atoms with Gasteiger partial charge in [0.05, 0.1) is 11.4 Å². The zero-order valence-corrected chi connectivity index (χ0v) is 16.3. The number of carbonyl (C=O) groups excluding carboxylic acids is 2. The van der Waals surface area contributed by atoms with Crippen molar-refractivity contribution in [3.8, 4) is 0 Å². The van der Waals surface area contributed by atoms with E-state index < -0.39 is 17.0 Å². The molecule has 0 bridgehead atoms. The highest BCUT2D eigenvalue weighted by Gasteiger charge is 2.35. The van der Waals surface area contributed by atoms with Crippen LogP contribution >= 0.6 is 50.9 Å². The molecule has 0 N–H and O–H groups in total. The summed E-state index contributed by atoms with van der Waals surface area (Å²) >= 11 is 16.0. The molecular weight excluding hydrogens is 452 g/mol. The average Bonchev–Trinajstić information content (AvgIpc) is 2.81. The summed E-state index contributed by atoms with van der Waals surface area (Å²) in [6.45, 7) is 0.0268. The van der Waals surface area contributed by atoms with Crippen LogP contribution in [0.15, 0.2) is 45.8 Å². The Morgan fingerprint density at radius 3 is 2.64 bits per heavy atom. The highest BCUT2D eigenvalue weighted by molar-refractivity contribution is 9.10. The predicted molar refractivity (Wildman–Crippen MR) is 102 cm³/mol. The Bertz CT molecular complexity index is 920. The molecule has 0 aromatic heterocycles. The van der Waals surface area contributed by atoms with Crippen LogP contribution in [-0.2, 0) is 11.3 Å². The minimum atomic E-state index is -0.486. The molecule has 3 nitrogen and oxygen atoms in total. The number of nitrogens with zero attached hydrogens (tertiary/aromatic N) is 1. The van der Waals surface area contributed by atoms with Gasteiger partial charge in [-0.1, -0.05) is 45.2 Å². The van der Waals surface area contributed by atoms with E-state index in [1.165, 1.54) is 12.1 Å². The van der Waals surface area contributed by atoms with Gasteiger partial charge in [-0.15, -0.1) is 0 Å². The zero-order valence-electron chi connectivity index (χ0n) is 12.4. The van der Waals surface area contributed by atoms with Gasteiger partial charge in [0.1, 0.15) is 5.82 Å². The molecule has 1 fully saturated rings. The van der Waals surface area contributed by atoms with Gasteiger partial charge in [0.15, 0.2) is 0 Å². The molecule has 1 saturated heterocycles. The number of rotatable bonds is 3. The molecule has 0 spiro atoms. The Labute approximate surface area is 165 Å². The summed E-state index contributed by atoms with van der Waals surface area (Å²) in [5, 5.41) is 0.402. The second-order valence-corrected chi connectivity index (χ2v) is 7.92. The van der Waals surface area contributed by atoms with E-state index in [1.807, 2.05) is 0 Å². The molecule has 3 rings (SSSR count). The van der Waals surface area contributed by atoms with E-state index in [1.54, 1.807) is 30.3 Å². The molecular formula is C17H9BrCl2FNO2S. The molecule has 0 radical (unpaired) electrons. The molecule has 0 unspecified atom stereocenters. The van der Waals surface area contributed by atoms with Gasteiger partial charge in [-0.3, -0.25) is 14.5 Å². The zero-order chi connectivity index (χ0) is 18.1. The molecule has 8 heteroatoms. The average molecular weight is 461 g/mol. The van der Waals surface area contributed by atoms with Crippen molar-refractivity contribution in [2.75, 3.05) is 0 Å². The number of thioether (sulfide) groups is 1. The first-order valence-corrected chi connectivity index (χ1v) is 9.36. The van der Waals surface area contributed by atoms with E-state index in [0.29, 0.717) is 20.1 Å². The maximum Gasteiger partial charge on any atom is 0.293 e. The third-order valence-corrected chi connectivity index (χ3v) is 5.45. The standard InChI is InChI=1S/C17H9BrCl2FNO2S/c18-11-2-4-14(21)10(5-11)6-15-16(23)22(17(24)25-15)8-9-1-3-12(19)7-13(9)20/h1-7H,8H2/b15-6-. The van der Waals surface area contributed by atoms with Gasteiger partial charge >= 0.3 is 0 Å². The van der Waals surface area contributed by atoms with Gasteiger partial charge in [0, 0.05) is 20.1 Å². The smallest absolute Gasteiger partial charge is 0.268 e. The quantitative estimate of drug-likeness (QED) is 0.517. The van der Waals surface area contributed by atoms with Gasteiger partial charge in [0.2, 0.25) is 0 Å². The number of imide groups is 1. The third kappa shape index (κ3) is 4.08. The highest BCUT2D eigenvalue weighted by atomic mass is 79.9. The summed E-state index contributed by atoms with van der Waals surface area (Å²) in [6.07, 6.45) is 1.37. The Kier molecular flexibility index (Phi) is 5.53. The fourth-order valence-corrected chi connectivity index (χ4v) is 3.90. The molecule has 0 aliphatic carbocycles. The second-order valence-electron chi connectivity index (χ2n) is 5.17. The van der Waals surface area contributed by atoms with Crippen molar-refractivity contribution in [3.63, 3.8) is 0 Å². The van der Waals surface area contributed by atoms with Gasteiger partial charge in [-0.25, -0.2) is 4.39 Å². The van der Waals surface area contributed by atoms with E-state index in [-0.39, 0.29) is 17.0 Å². The van der Waals surface area contributed by atoms with Crippen LogP contribution in [0, 0.1) is 5.82 Å². The highest BCUT2D eigenvalue weighted by Crippen LogP contribution is 2.35. The lowest BCUT2D eigenvalue weighted by Gasteiger charge is -2.13. The molecule has 2 amide bonds. The summed E-state index contributed by atoms with van der Waals surface area (Å²) < 4.78 is 14.5. The lowest BCUT2D eigenvalue weighted by atomic mass is 10.2. The van der Waals surface area contributed by atoms with Crippen molar-refractivity contribution in [1.29, 1.82) is 0 Å². The van der Waals surface area contributed by atoms with Gasteiger partial charge in [-0.05, 0) is 53.7 Å². The number of hydrogen-bond donors (Lipinski definition) is 0. The number of halogens is 4. The maximum atomic E-state index is 13.9. The van der Waals surface area contributed by atoms with Gasteiger partial charge < -0.3 is 0 Å². The Hall–Kier alpha value is -1.34. The minimum Gasteiger partial charge on any atom is -0.268 e. The summed E-state index contributed by atoms with van der Waals surface area (Å²) in [4.78, 5) is 25.9. The van der Waals surface area contributed by atoms with Crippen LogP contribution in [0.1, 0.15) is 11.1 Å². The predicted octanol–water partition coefficient (Wildman–Crippen LogP) is 6.13. The number of carbonyl (C=O) groups is 2. The van der Waals surface area contributed by atoms with Crippen molar-refractivity contribution in [3.05, 3.63) is 72.8 Å². The van der Waals surface area contributed by atoms with E-state index in [9.17, 15) is 14.0 Å². The molecule has 25 heavy (non-hydrogen) atoms. The third-order valence-electron chi connectivity index (χ3n) is 3.46. The summed E-state index contributed by atoms with van der Waals surface area (Å²) in [5.74, 6) is -0.962. The van der Waals surface area contributed by atoms with Crippen LogP contribution in [0.25, 0.3) is 6.08 Å². The van der Waals surface area contributed by atoms with Gasteiger partial charge in [0.25, 0.3) is 11.1 Å². The lowest BCUT2D eigenvalue weighted by Crippen LogP contribution is -2.27. The van der Waals surface area contributed by atoms with Crippen molar-refractivity contribution < 1.29 is 14.0 Å². The molecule has 0 atom stereocenters. The fourth-order valence-electron chi connectivity index (χ4n) is 2.22. The van der Waals surface area contributed by atoms with Crippen LogP contribution in [0.2, 0.25) is 10.0 Å². The molecule has 1 heterocycles. The first-order chi connectivity index (χ1) is 11.8. The maximum absolute atomic E-state index is 13.9. The largest absolute Gasteiger partial charge is 0.293 e. The Morgan fingerprint density at radius 2 is 1.92 bits per heavy atom. The first kappa shape index (κ1) is 18.5. The fraction of sp³-hybridized carbons (Fsp3) is 0.0588. The number of benzene rings is 2. The van der Waals surface area contributed by atoms with Crippen LogP contribution in [0.5, 0.6) is 0 Å².